The van der Waals surface area contributed by atoms with Crippen molar-refractivity contribution in [3.8, 4) is 22.6 Å². The second kappa shape index (κ2) is 7.03. The van der Waals surface area contributed by atoms with E-state index in [0.29, 0.717) is 22.6 Å². The molecule has 2 aromatic heterocycles. The van der Waals surface area contributed by atoms with Crippen LogP contribution in [0.3, 0.4) is 0 Å². The zero-order valence-electron chi connectivity index (χ0n) is 14.1. The number of anilines is 1. The van der Waals surface area contributed by atoms with E-state index in [4.69, 9.17) is 0 Å². The highest BCUT2D eigenvalue weighted by molar-refractivity contribution is 7.92. The molecule has 0 amide bonds. The lowest BCUT2D eigenvalue weighted by Crippen LogP contribution is -2.14. The van der Waals surface area contributed by atoms with E-state index in [2.05, 4.69) is 19.7 Å². The molecule has 1 aromatic carbocycles. The van der Waals surface area contributed by atoms with Crippen LogP contribution in [0.2, 0.25) is 0 Å². The summed E-state index contributed by atoms with van der Waals surface area (Å²) in [6.07, 6.45) is -0.201. The van der Waals surface area contributed by atoms with Gasteiger partial charge in [0.15, 0.2) is 0 Å². The number of hydrogen-bond donors (Lipinski definition) is 2. The standard InChI is InChI=1S/C17H15F3N4O2S/c1-2-27(25,26)24-14-7-12(8-21-9-14)16-22-10-15(23-16)11-4-3-5-13(6-11)17(18,19)20/h3-10,24H,2H2,1H3,(H,22,23). The summed E-state index contributed by atoms with van der Waals surface area (Å²) in [5.41, 5.74) is 0.736. The van der Waals surface area contributed by atoms with Crippen LogP contribution in [0.15, 0.2) is 48.9 Å². The van der Waals surface area contributed by atoms with Crippen molar-refractivity contribution in [1.82, 2.24) is 15.0 Å². The first-order chi connectivity index (χ1) is 12.7. The average molecular weight is 396 g/mol. The first-order valence-corrected chi connectivity index (χ1v) is 9.52. The molecule has 0 aliphatic carbocycles. The summed E-state index contributed by atoms with van der Waals surface area (Å²) < 4.78 is 64.3. The predicted molar refractivity (Wildman–Crippen MR) is 95.3 cm³/mol. The van der Waals surface area contributed by atoms with Gasteiger partial charge in [-0.3, -0.25) is 9.71 Å². The lowest BCUT2D eigenvalue weighted by Gasteiger charge is -2.08. The minimum absolute atomic E-state index is 0.0856. The van der Waals surface area contributed by atoms with Gasteiger partial charge >= 0.3 is 6.18 Å². The second-order valence-corrected chi connectivity index (χ2v) is 7.70. The lowest BCUT2D eigenvalue weighted by atomic mass is 10.1. The third-order valence-electron chi connectivity index (χ3n) is 3.74. The molecule has 0 bridgehead atoms. The number of hydrogen-bond acceptors (Lipinski definition) is 4. The molecule has 0 aliphatic rings. The van der Waals surface area contributed by atoms with Crippen molar-refractivity contribution in [2.24, 2.45) is 0 Å². The van der Waals surface area contributed by atoms with Crippen LogP contribution in [-0.2, 0) is 16.2 Å². The highest BCUT2D eigenvalue weighted by Gasteiger charge is 2.30. The largest absolute Gasteiger partial charge is 0.416 e. The van der Waals surface area contributed by atoms with Crippen molar-refractivity contribution in [3.63, 3.8) is 0 Å². The Morgan fingerprint density at radius 2 is 1.89 bits per heavy atom. The van der Waals surface area contributed by atoms with Gasteiger partial charge in [-0.2, -0.15) is 13.2 Å². The molecule has 0 fully saturated rings. The number of rotatable bonds is 5. The van der Waals surface area contributed by atoms with Gasteiger partial charge in [-0.05, 0) is 25.1 Å². The van der Waals surface area contributed by atoms with Crippen molar-refractivity contribution < 1.29 is 21.6 Å². The highest BCUT2D eigenvalue weighted by Crippen LogP contribution is 2.32. The Kier molecular flexibility index (Phi) is 4.92. The average Bonchev–Trinajstić information content (AvgIpc) is 3.11. The van der Waals surface area contributed by atoms with E-state index in [0.717, 1.165) is 12.1 Å². The number of halogens is 3. The fraction of sp³-hybridized carbons (Fsp3) is 0.176. The van der Waals surface area contributed by atoms with E-state index < -0.39 is 21.8 Å². The molecule has 27 heavy (non-hydrogen) atoms. The normalized spacial score (nSPS) is 12.1. The van der Waals surface area contributed by atoms with E-state index in [-0.39, 0.29) is 11.4 Å². The minimum atomic E-state index is -4.44. The molecule has 10 heteroatoms. The molecule has 0 saturated heterocycles. The van der Waals surface area contributed by atoms with E-state index in [1.54, 1.807) is 0 Å². The Morgan fingerprint density at radius 3 is 2.59 bits per heavy atom. The lowest BCUT2D eigenvalue weighted by molar-refractivity contribution is -0.137. The van der Waals surface area contributed by atoms with E-state index in [1.165, 1.54) is 43.7 Å². The molecule has 0 spiro atoms. The third kappa shape index (κ3) is 4.45. The molecular formula is C17H15F3N4O2S. The maximum absolute atomic E-state index is 12.9. The smallest absolute Gasteiger partial charge is 0.338 e. The maximum Gasteiger partial charge on any atom is 0.416 e. The zero-order chi connectivity index (χ0) is 19.7. The number of imidazole rings is 1. The summed E-state index contributed by atoms with van der Waals surface area (Å²) in [4.78, 5) is 11.1. The number of pyridine rings is 1. The molecule has 2 heterocycles. The summed E-state index contributed by atoms with van der Waals surface area (Å²) in [7, 11) is -3.46. The van der Waals surface area contributed by atoms with Crippen LogP contribution in [-0.4, -0.2) is 29.1 Å². The Labute approximate surface area is 153 Å². The summed E-state index contributed by atoms with van der Waals surface area (Å²) in [5, 5.41) is 0. The Morgan fingerprint density at radius 1 is 1.11 bits per heavy atom. The number of aromatic nitrogens is 3. The molecular weight excluding hydrogens is 381 g/mol. The summed E-state index contributed by atoms with van der Waals surface area (Å²) in [5.74, 6) is 0.268. The zero-order valence-corrected chi connectivity index (χ0v) is 14.9. The molecule has 3 aromatic rings. The molecule has 142 valence electrons. The number of aromatic amines is 1. The predicted octanol–water partition coefficient (Wildman–Crippen LogP) is 3.92. The minimum Gasteiger partial charge on any atom is -0.338 e. The molecule has 3 rings (SSSR count). The number of nitrogens with zero attached hydrogens (tertiary/aromatic N) is 2. The van der Waals surface area contributed by atoms with Gasteiger partial charge in [0.25, 0.3) is 0 Å². The second-order valence-electron chi connectivity index (χ2n) is 5.69. The highest BCUT2D eigenvalue weighted by atomic mass is 32.2. The van der Waals surface area contributed by atoms with Crippen LogP contribution in [0.4, 0.5) is 18.9 Å². The van der Waals surface area contributed by atoms with Crippen molar-refractivity contribution in [2.45, 2.75) is 13.1 Å². The quantitative estimate of drug-likeness (QED) is 0.684. The number of H-pyrrole nitrogens is 1. The van der Waals surface area contributed by atoms with Crippen LogP contribution < -0.4 is 4.72 Å². The first kappa shape index (κ1) is 18.9. The molecule has 0 radical (unpaired) electrons. The van der Waals surface area contributed by atoms with Crippen LogP contribution in [0.1, 0.15) is 12.5 Å². The van der Waals surface area contributed by atoms with E-state index >= 15 is 0 Å². The van der Waals surface area contributed by atoms with Gasteiger partial charge in [-0.25, -0.2) is 13.4 Å². The fourth-order valence-electron chi connectivity index (χ4n) is 2.35. The Hall–Kier alpha value is -2.88. The van der Waals surface area contributed by atoms with Crippen LogP contribution >= 0.6 is 0 Å². The van der Waals surface area contributed by atoms with Crippen LogP contribution in [0.25, 0.3) is 22.6 Å². The Balaban J connectivity index is 1.91. The molecule has 0 saturated carbocycles. The van der Waals surface area contributed by atoms with Crippen molar-refractivity contribution in [1.29, 1.82) is 0 Å². The van der Waals surface area contributed by atoms with Gasteiger partial charge in [0.2, 0.25) is 10.0 Å². The SMILES string of the molecule is CCS(=O)(=O)Nc1cncc(-c2ncc(-c3cccc(C(F)(F)F)c3)[nH]2)c1. The molecule has 0 unspecified atom stereocenters. The van der Waals surface area contributed by atoms with Crippen LogP contribution in [0.5, 0.6) is 0 Å². The molecule has 2 N–H and O–H groups in total. The van der Waals surface area contributed by atoms with Crippen molar-refractivity contribution in [2.75, 3.05) is 10.5 Å². The van der Waals surface area contributed by atoms with Crippen molar-refractivity contribution >= 4 is 15.7 Å². The van der Waals surface area contributed by atoms with E-state index in [9.17, 15) is 21.6 Å². The van der Waals surface area contributed by atoms with Crippen molar-refractivity contribution in [3.05, 3.63) is 54.5 Å². The van der Waals surface area contributed by atoms with Gasteiger partial charge < -0.3 is 4.98 Å². The van der Waals surface area contributed by atoms with Gasteiger partial charge in [0, 0.05) is 17.3 Å². The monoisotopic (exact) mass is 396 g/mol. The first-order valence-electron chi connectivity index (χ1n) is 7.86. The number of alkyl halides is 3. The summed E-state index contributed by atoms with van der Waals surface area (Å²) in [6, 6.07) is 6.42. The number of benzene rings is 1. The van der Waals surface area contributed by atoms with Gasteiger partial charge in [0.1, 0.15) is 5.82 Å². The third-order valence-corrected chi connectivity index (χ3v) is 5.05. The maximum atomic E-state index is 12.9. The van der Waals surface area contributed by atoms with Gasteiger partial charge in [0.05, 0.1) is 35.1 Å². The summed E-state index contributed by atoms with van der Waals surface area (Å²) in [6.45, 7) is 1.51. The molecule has 0 atom stereocenters. The number of nitrogens with one attached hydrogen (secondary N) is 2. The summed E-state index contributed by atoms with van der Waals surface area (Å²) >= 11 is 0. The topological polar surface area (TPSA) is 87.7 Å². The fourth-order valence-corrected chi connectivity index (χ4v) is 2.97. The molecule has 0 aliphatic heterocycles. The van der Waals surface area contributed by atoms with Crippen LogP contribution in [0, 0.1) is 0 Å². The Bertz CT molecular complexity index is 1060. The van der Waals surface area contributed by atoms with Gasteiger partial charge in [-0.15, -0.1) is 0 Å². The van der Waals surface area contributed by atoms with E-state index in [1.807, 2.05) is 0 Å². The number of sulfonamides is 1. The molecule has 6 nitrogen and oxygen atoms in total. The van der Waals surface area contributed by atoms with Gasteiger partial charge in [-0.1, -0.05) is 12.1 Å².